The second-order valence-corrected chi connectivity index (χ2v) is 5.96. The van der Waals surface area contributed by atoms with Crippen LogP contribution in [0.25, 0.3) is 5.82 Å². The quantitative estimate of drug-likeness (QED) is 0.934. The summed E-state index contributed by atoms with van der Waals surface area (Å²) in [7, 11) is 0. The third-order valence-electron chi connectivity index (χ3n) is 3.35. The molecule has 1 unspecified atom stereocenters. The van der Waals surface area contributed by atoms with Gasteiger partial charge in [0.2, 0.25) is 0 Å². The Kier molecular flexibility index (Phi) is 3.73. The molecular formula is C14H18N4S. The number of imidazole rings is 1. The van der Waals surface area contributed by atoms with Gasteiger partial charge in [-0.15, -0.1) is 0 Å². The average molecular weight is 274 g/mol. The van der Waals surface area contributed by atoms with Crippen molar-refractivity contribution in [1.82, 2.24) is 14.5 Å². The summed E-state index contributed by atoms with van der Waals surface area (Å²) in [5.41, 5.74) is 1.11. The average Bonchev–Trinajstić information content (AvgIpc) is 2.87. The largest absolute Gasteiger partial charge is 0.380 e. The standard InChI is InChI=1S/C14H18N4S/c1-11-15-6-7-18(11)14-5-4-12(9-16-14)17-13-3-2-8-19-10-13/h4-7,9,13,17H,2-3,8,10H2,1H3. The van der Waals surface area contributed by atoms with E-state index < -0.39 is 0 Å². The topological polar surface area (TPSA) is 42.7 Å². The molecule has 4 nitrogen and oxygen atoms in total. The predicted molar refractivity (Wildman–Crippen MR) is 80.1 cm³/mol. The van der Waals surface area contributed by atoms with Gasteiger partial charge in [-0.3, -0.25) is 4.57 Å². The highest BCUT2D eigenvalue weighted by Gasteiger charge is 2.13. The highest BCUT2D eigenvalue weighted by molar-refractivity contribution is 7.99. The summed E-state index contributed by atoms with van der Waals surface area (Å²) in [5.74, 6) is 4.37. The van der Waals surface area contributed by atoms with Crippen LogP contribution in [0.1, 0.15) is 18.7 Å². The molecular weight excluding hydrogens is 256 g/mol. The van der Waals surface area contributed by atoms with E-state index in [9.17, 15) is 0 Å². The molecule has 3 rings (SSSR count). The fourth-order valence-corrected chi connectivity index (χ4v) is 3.40. The summed E-state index contributed by atoms with van der Waals surface area (Å²) in [6, 6.07) is 4.72. The molecule has 3 heterocycles. The van der Waals surface area contributed by atoms with Crippen LogP contribution in [0.3, 0.4) is 0 Å². The van der Waals surface area contributed by atoms with Crippen LogP contribution in [0.15, 0.2) is 30.7 Å². The Labute approximate surface area is 117 Å². The highest BCUT2D eigenvalue weighted by Crippen LogP contribution is 2.21. The van der Waals surface area contributed by atoms with Crippen molar-refractivity contribution in [2.75, 3.05) is 16.8 Å². The third-order valence-corrected chi connectivity index (χ3v) is 4.57. The van der Waals surface area contributed by atoms with Crippen LogP contribution in [-0.2, 0) is 0 Å². The van der Waals surface area contributed by atoms with Crippen LogP contribution < -0.4 is 5.32 Å². The first-order valence-electron chi connectivity index (χ1n) is 6.63. The lowest BCUT2D eigenvalue weighted by Gasteiger charge is -2.23. The second-order valence-electron chi connectivity index (χ2n) is 4.81. The van der Waals surface area contributed by atoms with Gasteiger partial charge in [0.05, 0.1) is 11.9 Å². The summed E-state index contributed by atoms with van der Waals surface area (Å²) >= 11 is 2.03. The van der Waals surface area contributed by atoms with E-state index in [2.05, 4.69) is 21.4 Å². The van der Waals surface area contributed by atoms with Gasteiger partial charge in [-0.25, -0.2) is 9.97 Å². The van der Waals surface area contributed by atoms with Gasteiger partial charge in [-0.1, -0.05) is 0 Å². The SMILES string of the molecule is Cc1nccn1-c1ccc(NC2CCCSC2)cn1. The zero-order valence-corrected chi connectivity index (χ0v) is 11.9. The first-order chi connectivity index (χ1) is 9.33. The maximum Gasteiger partial charge on any atom is 0.138 e. The number of thioether (sulfide) groups is 1. The normalized spacial score (nSPS) is 19.3. The zero-order valence-electron chi connectivity index (χ0n) is 11.0. The Morgan fingerprint density at radius 3 is 2.95 bits per heavy atom. The molecule has 2 aromatic heterocycles. The maximum atomic E-state index is 4.50. The molecule has 0 aromatic carbocycles. The van der Waals surface area contributed by atoms with Crippen molar-refractivity contribution >= 4 is 17.4 Å². The number of nitrogens with one attached hydrogen (secondary N) is 1. The van der Waals surface area contributed by atoms with Gasteiger partial charge in [0.15, 0.2) is 0 Å². The van der Waals surface area contributed by atoms with E-state index >= 15 is 0 Å². The molecule has 1 aliphatic rings. The lowest BCUT2D eigenvalue weighted by molar-refractivity contribution is 0.684. The molecule has 0 spiro atoms. The number of aromatic nitrogens is 3. The molecule has 2 aromatic rings. The summed E-state index contributed by atoms with van der Waals surface area (Å²) in [6.07, 6.45) is 8.20. The molecule has 0 radical (unpaired) electrons. The molecule has 0 saturated carbocycles. The first kappa shape index (κ1) is 12.5. The number of anilines is 1. The Morgan fingerprint density at radius 1 is 1.37 bits per heavy atom. The van der Waals surface area contributed by atoms with E-state index in [1.54, 1.807) is 6.20 Å². The van der Waals surface area contributed by atoms with E-state index in [1.165, 1.54) is 24.3 Å². The van der Waals surface area contributed by atoms with Gasteiger partial charge in [-0.05, 0) is 37.7 Å². The predicted octanol–water partition coefficient (Wildman–Crippen LogP) is 2.88. The van der Waals surface area contributed by atoms with Gasteiger partial charge in [0, 0.05) is 24.2 Å². The van der Waals surface area contributed by atoms with Crippen molar-refractivity contribution in [3.8, 4) is 5.82 Å². The van der Waals surface area contributed by atoms with Crippen LogP contribution in [0.5, 0.6) is 0 Å². The molecule has 1 atom stereocenters. The summed E-state index contributed by atoms with van der Waals surface area (Å²) in [6.45, 7) is 1.98. The van der Waals surface area contributed by atoms with Gasteiger partial charge in [-0.2, -0.15) is 11.8 Å². The van der Waals surface area contributed by atoms with Gasteiger partial charge < -0.3 is 5.32 Å². The van der Waals surface area contributed by atoms with Crippen LogP contribution in [-0.4, -0.2) is 32.1 Å². The minimum atomic E-state index is 0.585. The first-order valence-corrected chi connectivity index (χ1v) is 7.79. The van der Waals surface area contributed by atoms with Gasteiger partial charge in [0.25, 0.3) is 0 Å². The fraction of sp³-hybridized carbons (Fsp3) is 0.429. The molecule has 5 heteroatoms. The Balaban J connectivity index is 1.70. The molecule has 100 valence electrons. The smallest absolute Gasteiger partial charge is 0.138 e. The van der Waals surface area contributed by atoms with Gasteiger partial charge >= 0.3 is 0 Å². The van der Waals surface area contributed by atoms with E-state index in [1.807, 2.05) is 41.7 Å². The Morgan fingerprint density at radius 2 is 2.32 bits per heavy atom. The van der Waals surface area contributed by atoms with Crippen LogP contribution in [0.4, 0.5) is 5.69 Å². The molecule has 1 saturated heterocycles. The number of nitrogens with zero attached hydrogens (tertiary/aromatic N) is 3. The van der Waals surface area contributed by atoms with Crippen LogP contribution in [0.2, 0.25) is 0 Å². The lowest BCUT2D eigenvalue weighted by Crippen LogP contribution is -2.25. The van der Waals surface area contributed by atoms with Gasteiger partial charge in [0.1, 0.15) is 11.6 Å². The number of pyridine rings is 1. The summed E-state index contributed by atoms with van der Waals surface area (Å²) < 4.78 is 1.99. The summed E-state index contributed by atoms with van der Waals surface area (Å²) in [4.78, 5) is 8.71. The monoisotopic (exact) mass is 274 g/mol. The third kappa shape index (κ3) is 2.92. The molecule has 0 bridgehead atoms. The number of aryl methyl sites for hydroxylation is 1. The molecule has 1 fully saturated rings. The van der Waals surface area contributed by atoms with Crippen molar-refractivity contribution < 1.29 is 0 Å². The van der Waals surface area contributed by atoms with E-state index in [0.29, 0.717) is 6.04 Å². The molecule has 19 heavy (non-hydrogen) atoms. The van der Waals surface area contributed by atoms with Crippen LogP contribution in [0, 0.1) is 6.92 Å². The molecule has 1 aliphatic heterocycles. The number of hydrogen-bond acceptors (Lipinski definition) is 4. The second kappa shape index (κ2) is 5.65. The van der Waals surface area contributed by atoms with Crippen molar-refractivity contribution in [2.24, 2.45) is 0 Å². The van der Waals surface area contributed by atoms with E-state index in [4.69, 9.17) is 0 Å². The molecule has 0 amide bonds. The van der Waals surface area contributed by atoms with E-state index in [-0.39, 0.29) is 0 Å². The maximum absolute atomic E-state index is 4.50. The number of hydrogen-bond donors (Lipinski definition) is 1. The Bertz CT molecular complexity index is 529. The molecule has 0 aliphatic carbocycles. The number of rotatable bonds is 3. The van der Waals surface area contributed by atoms with Crippen molar-refractivity contribution in [2.45, 2.75) is 25.8 Å². The van der Waals surface area contributed by atoms with Crippen molar-refractivity contribution in [1.29, 1.82) is 0 Å². The van der Waals surface area contributed by atoms with Crippen LogP contribution >= 0.6 is 11.8 Å². The fourth-order valence-electron chi connectivity index (χ4n) is 2.32. The minimum Gasteiger partial charge on any atom is -0.380 e. The highest BCUT2D eigenvalue weighted by atomic mass is 32.2. The van der Waals surface area contributed by atoms with Crippen molar-refractivity contribution in [3.05, 3.63) is 36.5 Å². The lowest BCUT2D eigenvalue weighted by atomic mass is 10.2. The summed E-state index contributed by atoms with van der Waals surface area (Å²) in [5, 5.41) is 3.56. The van der Waals surface area contributed by atoms with Crippen molar-refractivity contribution in [3.63, 3.8) is 0 Å². The van der Waals surface area contributed by atoms with E-state index in [0.717, 1.165) is 17.3 Å². The minimum absolute atomic E-state index is 0.585. The molecule has 1 N–H and O–H groups in total. The Hall–Kier alpha value is -1.49. The zero-order chi connectivity index (χ0) is 13.1.